The Bertz CT molecular complexity index is 726. The van der Waals surface area contributed by atoms with Crippen LogP contribution in [0.5, 0.6) is 0 Å². The molecule has 1 aliphatic heterocycles. The smallest absolute Gasteiger partial charge is 0.250 e. The molecule has 3 rings (SSSR count). The zero-order chi connectivity index (χ0) is 20.1. The Kier molecular flexibility index (Phi) is 5.45. The quantitative estimate of drug-likeness (QED) is 0.839. The number of nitrogens with two attached hydrogens (primary N) is 1. The van der Waals surface area contributed by atoms with E-state index >= 15 is 0 Å². The molecule has 1 saturated carbocycles. The van der Waals surface area contributed by atoms with E-state index in [1.807, 2.05) is 20.8 Å². The topological polar surface area (TPSA) is 89.6 Å². The fourth-order valence-electron chi connectivity index (χ4n) is 3.97. The number of Topliss-reactive ketones (excluding diaryl/α,β-unsaturated/α-hetero) is 1. The molecule has 2 aliphatic rings. The highest BCUT2D eigenvalue weighted by atomic mass is 32.1. The van der Waals surface area contributed by atoms with E-state index < -0.39 is 6.10 Å². The van der Waals surface area contributed by atoms with Crippen LogP contribution in [0.4, 0.5) is 0 Å². The molecule has 5 nitrogen and oxygen atoms in total. The largest absolute Gasteiger partial charge is 0.392 e. The normalized spacial score (nSPS) is 22.5. The highest BCUT2D eigenvalue weighted by molar-refractivity contribution is 7.12. The molecule has 0 radical (unpaired) electrons. The van der Waals surface area contributed by atoms with E-state index in [0.717, 1.165) is 34.6 Å². The zero-order valence-electron chi connectivity index (χ0n) is 16.9. The van der Waals surface area contributed by atoms with Crippen molar-refractivity contribution in [1.29, 1.82) is 0 Å². The predicted molar refractivity (Wildman–Crippen MR) is 103 cm³/mol. The lowest BCUT2D eigenvalue weighted by Gasteiger charge is -2.41. The molecule has 1 aromatic heterocycles. The third-order valence-electron chi connectivity index (χ3n) is 5.40. The monoisotopic (exact) mass is 381 g/mol. The molecule has 3 N–H and O–H groups in total. The molecule has 1 aromatic rings. The SMILES string of the molecule is CC(=O)C1(C(C)O)CC1.Cc1sc2c(c1C(N)=O)CC(C)(C)OC2(C)C. The van der Waals surface area contributed by atoms with E-state index in [1.165, 1.54) is 0 Å². The van der Waals surface area contributed by atoms with E-state index in [9.17, 15) is 9.59 Å². The van der Waals surface area contributed by atoms with Crippen LogP contribution in [0, 0.1) is 12.3 Å². The van der Waals surface area contributed by atoms with Gasteiger partial charge in [0.05, 0.1) is 28.3 Å². The number of hydrogen-bond acceptors (Lipinski definition) is 5. The van der Waals surface area contributed by atoms with Gasteiger partial charge in [0.15, 0.2) is 0 Å². The highest BCUT2D eigenvalue weighted by Gasteiger charge is 2.51. The van der Waals surface area contributed by atoms with Crippen LogP contribution in [0.2, 0.25) is 0 Å². The van der Waals surface area contributed by atoms with Crippen molar-refractivity contribution in [2.45, 2.75) is 85.0 Å². The number of ketones is 1. The maximum absolute atomic E-state index is 11.6. The van der Waals surface area contributed by atoms with E-state index in [4.69, 9.17) is 15.6 Å². The Morgan fingerprint density at radius 3 is 2.12 bits per heavy atom. The third kappa shape index (κ3) is 3.87. The van der Waals surface area contributed by atoms with Gasteiger partial charge in [-0.05, 0) is 66.9 Å². The maximum atomic E-state index is 11.6. The van der Waals surface area contributed by atoms with Crippen molar-refractivity contribution in [3.8, 4) is 0 Å². The maximum Gasteiger partial charge on any atom is 0.250 e. The van der Waals surface area contributed by atoms with Crippen molar-refractivity contribution in [3.63, 3.8) is 0 Å². The number of carbonyl (C=O) groups excluding carboxylic acids is 2. The minimum absolute atomic E-state index is 0.137. The Hall–Kier alpha value is -1.24. The van der Waals surface area contributed by atoms with Gasteiger partial charge in [-0.3, -0.25) is 9.59 Å². The Balaban J connectivity index is 0.000000228. The second kappa shape index (κ2) is 6.73. The fourth-order valence-corrected chi connectivity index (χ4v) is 5.18. The van der Waals surface area contributed by atoms with Crippen molar-refractivity contribution in [2.24, 2.45) is 11.1 Å². The summed E-state index contributed by atoms with van der Waals surface area (Å²) in [4.78, 5) is 24.5. The van der Waals surface area contributed by atoms with E-state index in [-0.39, 0.29) is 28.3 Å². The van der Waals surface area contributed by atoms with E-state index in [1.54, 1.807) is 25.2 Å². The van der Waals surface area contributed by atoms with Crippen LogP contribution in [0.25, 0.3) is 0 Å². The molecule has 0 bridgehead atoms. The van der Waals surface area contributed by atoms with Gasteiger partial charge in [-0.25, -0.2) is 0 Å². The molecular formula is C20H31NO4S. The first-order valence-electron chi connectivity index (χ1n) is 9.05. The minimum Gasteiger partial charge on any atom is -0.392 e. The van der Waals surface area contributed by atoms with E-state index in [2.05, 4.69) is 13.8 Å². The standard InChI is InChI=1S/C13H19NO2S.C7H12O2/c1-7-9(11(14)15)8-6-12(2,3)16-13(4,5)10(8)17-7;1-5(8)7(3-4-7)6(2)9/h6H2,1-5H3,(H2,14,15);5,8H,3-4H2,1-2H3. The summed E-state index contributed by atoms with van der Waals surface area (Å²) >= 11 is 1.63. The van der Waals surface area contributed by atoms with Crippen LogP contribution in [0.15, 0.2) is 0 Å². The number of carbonyl (C=O) groups is 2. The summed E-state index contributed by atoms with van der Waals surface area (Å²) in [5, 5.41) is 9.09. The van der Waals surface area contributed by atoms with Crippen LogP contribution >= 0.6 is 11.3 Å². The number of rotatable bonds is 3. The van der Waals surface area contributed by atoms with Gasteiger partial charge >= 0.3 is 0 Å². The number of aryl methyl sites for hydroxylation is 1. The first-order chi connectivity index (χ1) is 11.7. The van der Waals surface area contributed by atoms with Gasteiger partial charge in [0.1, 0.15) is 5.78 Å². The highest BCUT2D eigenvalue weighted by Crippen LogP contribution is 2.49. The zero-order valence-corrected chi connectivity index (χ0v) is 17.7. The molecule has 0 aromatic carbocycles. The Morgan fingerprint density at radius 1 is 1.23 bits per heavy atom. The molecule has 146 valence electrons. The second-order valence-electron chi connectivity index (χ2n) is 8.64. The van der Waals surface area contributed by atoms with Gasteiger partial charge in [0.25, 0.3) is 0 Å². The van der Waals surface area contributed by atoms with Crippen LogP contribution in [0.3, 0.4) is 0 Å². The summed E-state index contributed by atoms with van der Waals surface area (Å²) in [6.45, 7) is 13.4. The molecule has 1 aliphatic carbocycles. The lowest BCUT2D eigenvalue weighted by atomic mass is 9.86. The average Bonchev–Trinajstić information content (AvgIpc) is 3.17. The second-order valence-corrected chi connectivity index (χ2v) is 9.87. The summed E-state index contributed by atoms with van der Waals surface area (Å²) in [7, 11) is 0. The van der Waals surface area contributed by atoms with Gasteiger partial charge in [-0.15, -0.1) is 11.3 Å². The van der Waals surface area contributed by atoms with Crippen LogP contribution in [0.1, 0.15) is 80.1 Å². The van der Waals surface area contributed by atoms with Gasteiger partial charge in [-0.1, -0.05) is 0 Å². The van der Waals surface area contributed by atoms with Crippen LogP contribution in [-0.4, -0.2) is 28.5 Å². The third-order valence-corrected chi connectivity index (χ3v) is 6.85. The summed E-state index contributed by atoms with van der Waals surface area (Å²) in [6, 6.07) is 0. The number of hydrogen-bond donors (Lipinski definition) is 2. The number of aliphatic hydroxyl groups is 1. The molecule has 0 spiro atoms. The predicted octanol–water partition coefficient (Wildman–Crippen LogP) is 3.48. The van der Waals surface area contributed by atoms with Crippen molar-refractivity contribution in [2.75, 3.05) is 0 Å². The molecule has 0 saturated heterocycles. The minimum atomic E-state index is -0.449. The molecule has 6 heteroatoms. The summed E-state index contributed by atoms with van der Waals surface area (Å²) in [6.07, 6.45) is 2.05. The molecule has 1 amide bonds. The van der Waals surface area contributed by atoms with Gasteiger partial charge < -0.3 is 15.6 Å². The van der Waals surface area contributed by atoms with Crippen molar-refractivity contribution in [3.05, 3.63) is 20.9 Å². The van der Waals surface area contributed by atoms with Crippen molar-refractivity contribution < 1.29 is 19.4 Å². The number of amides is 1. The molecule has 2 heterocycles. The molecule has 26 heavy (non-hydrogen) atoms. The van der Waals surface area contributed by atoms with Gasteiger partial charge in [0.2, 0.25) is 5.91 Å². The summed E-state index contributed by atoms with van der Waals surface area (Å²) in [5.41, 5.74) is 6.34. The number of thiophene rings is 1. The fraction of sp³-hybridized carbons (Fsp3) is 0.700. The molecule has 1 fully saturated rings. The van der Waals surface area contributed by atoms with Crippen LogP contribution in [-0.2, 0) is 21.6 Å². The van der Waals surface area contributed by atoms with Crippen LogP contribution < -0.4 is 5.73 Å². The number of aliphatic hydroxyl groups excluding tert-OH is 1. The Morgan fingerprint density at radius 2 is 1.77 bits per heavy atom. The van der Waals surface area contributed by atoms with Gasteiger partial charge in [-0.2, -0.15) is 0 Å². The van der Waals surface area contributed by atoms with E-state index in [0.29, 0.717) is 5.56 Å². The molecule has 1 atom stereocenters. The molecular weight excluding hydrogens is 350 g/mol. The first kappa shape index (κ1) is 21.1. The van der Waals surface area contributed by atoms with Gasteiger partial charge in [0, 0.05) is 16.2 Å². The lowest BCUT2D eigenvalue weighted by molar-refractivity contribution is -0.135. The summed E-state index contributed by atoms with van der Waals surface area (Å²) in [5.74, 6) is -0.189. The lowest BCUT2D eigenvalue weighted by Crippen LogP contribution is -2.42. The number of ether oxygens (including phenoxy) is 1. The number of primary amides is 1. The average molecular weight is 382 g/mol. The summed E-state index contributed by atoms with van der Waals surface area (Å²) < 4.78 is 6.09. The van der Waals surface area contributed by atoms with Crippen molar-refractivity contribution >= 4 is 23.0 Å². The Labute approximate surface area is 159 Å². The van der Waals surface area contributed by atoms with Crippen molar-refractivity contribution in [1.82, 2.24) is 0 Å². The number of fused-ring (bicyclic) bond motifs is 1. The molecule has 1 unspecified atom stereocenters. The first-order valence-corrected chi connectivity index (χ1v) is 9.87.